The van der Waals surface area contributed by atoms with E-state index in [9.17, 15) is 44.5 Å². The number of thioether (sulfide) groups is 1. The highest BCUT2D eigenvalue weighted by Crippen LogP contribution is 2.52. The van der Waals surface area contributed by atoms with Crippen molar-refractivity contribution in [2.24, 2.45) is 11.8 Å². The Morgan fingerprint density at radius 1 is 1.00 bits per heavy atom. The number of aliphatic hydroxyl groups excluding tert-OH is 1. The number of likely N-dealkylation sites (tertiary alicyclic amines) is 1. The Balaban J connectivity index is 0.914. The van der Waals surface area contributed by atoms with E-state index < -0.39 is 33.9 Å². The SMILES string of the molecule is C[C@@H](O)[C@H]1C(=O)N2C(C(=O)OCc3ccc([N+](=O)[O-])cc3)=C(SC3CN(c4nc(C(=O)N[C@H]5CCN(C(=O)OCc6ccc([N+](=O)[O-])cc6)C5)cs4)C3)[C@H](C)[C@H]12. The van der Waals surface area contributed by atoms with Crippen LogP contribution in [-0.2, 0) is 32.3 Å². The molecule has 2 aromatic carbocycles. The third-order valence-electron chi connectivity index (χ3n) is 10.2. The number of nitro groups is 2. The number of thiazole rings is 1. The van der Waals surface area contributed by atoms with Crippen LogP contribution in [0.25, 0.3) is 0 Å². The van der Waals surface area contributed by atoms with Gasteiger partial charge in [-0.1, -0.05) is 6.92 Å². The Labute approximate surface area is 327 Å². The minimum atomic E-state index is -0.895. The average molecular weight is 808 g/mol. The Kier molecular flexibility index (Phi) is 11.0. The molecule has 4 aliphatic heterocycles. The summed E-state index contributed by atoms with van der Waals surface area (Å²) in [5.41, 5.74) is 1.42. The van der Waals surface area contributed by atoms with E-state index in [1.807, 2.05) is 11.8 Å². The molecule has 2 N–H and O–H groups in total. The summed E-state index contributed by atoms with van der Waals surface area (Å²) >= 11 is 2.81. The molecule has 3 fully saturated rings. The van der Waals surface area contributed by atoms with E-state index in [2.05, 4.69) is 10.3 Å². The zero-order chi connectivity index (χ0) is 39.8. The van der Waals surface area contributed by atoms with Crippen LogP contribution >= 0.6 is 23.1 Å². The van der Waals surface area contributed by atoms with Crippen molar-refractivity contribution in [3.05, 3.63) is 102 Å². The molecular weight excluding hydrogens is 771 g/mol. The smallest absolute Gasteiger partial charge is 0.410 e. The Hall–Kier alpha value is -5.60. The summed E-state index contributed by atoms with van der Waals surface area (Å²) in [5, 5.41) is 37.5. The van der Waals surface area contributed by atoms with Crippen LogP contribution in [0.5, 0.6) is 0 Å². The van der Waals surface area contributed by atoms with Gasteiger partial charge in [-0.05, 0) is 48.7 Å². The molecule has 0 bridgehead atoms. The summed E-state index contributed by atoms with van der Waals surface area (Å²) < 4.78 is 11.0. The van der Waals surface area contributed by atoms with Gasteiger partial charge in [0.15, 0.2) is 5.13 Å². The maximum Gasteiger partial charge on any atom is 0.410 e. The highest BCUT2D eigenvalue weighted by molar-refractivity contribution is 8.03. The number of non-ortho nitro benzene ring substituents is 2. The van der Waals surface area contributed by atoms with Crippen molar-refractivity contribution in [1.29, 1.82) is 0 Å². The number of nitrogens with one attached hydrogen (secondary N) is 1. The van der Waals surface area contributed by atoms with E-state index in [4.69, 9.17) is 9.47 Å². The number of rotatable bonds is 13. The Morgan fingerprint density at radius 3 is 2.20 bits per heavy atom. The number of nitrogens with zero attached hydrogens (tertiary/aromatic N) is 6. The second-order valence-corrected chi connectivity index (χ2v) is 16.2. The van der Waals surface area contributed by atoms with Gasteiger partial charge < -0.3 is 34.6 Å². The van der Waals surface area contributed by atoms with Gasteiger partial charge in [0.1, 0.15) is 24.6 Å². The lowest BCUT2D eigenvalue weighted by atomic mass is 9.79. The predicted molar refractivity (Wildman–Crippen MR) is 201 cm³/mol. The van der Waals surface area contributed by atoms with Crippen molar-refractivity contribution >= 4 is 63.5 Å². The summed E-state index contributed by atoms with van der Waals surface area (Å²) in [6.45, 7) is 5.08. The van der Waals surface area contributed by atoms with E-state index >= 15 is 0 Å². The summed E-state index contributed by atoms with van der Waals surface area (Å²) in [7, 11) is 0. The van der Waals surface area contributed by atoms with Crippen molar-refractivity contribution in [1.82, 2.24) is 20.1 Å². The van der Waals surface area contributed by atoms with Crippen LogP contribution in [0, 0.1) is 32.1 Å². The summed E-state index contributed by atoms with van der Waals surface area (Å²) in [6, 6.07) is 10.7. The molecule has 294 valence electrons. The molecule has 3 aromatic rings. The van der Waals surface area contributed by atoms with Crippen LogP contribution in [-0.4, -0.2) is 103 Å². The standard InChI is InChI=1S/C36H37N7O11S2/c1-19-29-28(20(2)44)33(46)41(29)30(34(47)53-16-21-3-7-24(8-4-21)42(49)50)31(19)56-26-14-40(15-26)35-38-27(18-55-35)32(45)37-23-11-12-39(13-23)36(48)54-17-22-5-9-25(10-6-22)43(51)52/h3-10,18-20,23,26,28-29,44H,11-17H2,1-2H3,(H,37,45)/t19-,20-,23+,28-,29-/m1/s1. The number of hydrogen-bond acceptors (Lipinski definition) is 15. The van der Waals surface area contributed by atoms with Gasteiger partial charge in [0.25, 0.3) is 17.3 Å². The molecule has 3 amide bonds. The van der Waals surface area contributed by atoms with Crippen LogP contribution in [0.15, 0.2) is 64.5 Å². The molecule has 1 aromatic heterocycles. The Bertz CT molecular complexity index is 2090. The zero-order valence-electron chi connectivity index (χ0n) is 30.1. The lowest BCUT2D eigenvalue weighted by molar-refractivity contribution is -0.385. The predicted octanol–water partition coefficient (Wildman–Crippen LogP) is 3.83. The van der Waals surface area contributed by atoms with Crippen LogP contribution < -0.4 is 10.2 Å². The molecule has 5 atom stereocenters. The number of esters is 1. The number of ether oxygens (including phenoxy) is 2. The van der Waals surface area contributed by atoms with Crippen LogP contribution in [0.4, 0.5) is 21.3 Å². The first-order valence-corrected chi connectivity index (χ1v) is 19.5. The number of anilines is 1. The van der Waals surface area contributed by atoms with Gasteiger partial charge in [0, 0.05) is 77.9 Å². The largest absolute Gasteiger partial charge is 0.456 e. The van der Waals surface area contributed by atoms with Crippen molar-refractivity contribution in [3.8, 4) is 0 Å². The number of carbonyl (C=O) groups is 4. The van der Waals surface area contributed by atoms with Gasteiger partial charge >= 0.3 is 12.1 Å². The third kappa shape index (κ3) is 7.76. The number of β-lactam (4-membered cyclic amide) rings is 1. The fourth-order valence-electron chi connectivity index (χ4n) is 7.22. The van der Waals surface area contributed by atoms with Crippen molar-refractivity contribution in [2.45, 2.75) is 56.9 Å². The maximum absolute atomic E-state index is 13.5. The number of amides is 3. The van der Waals surface area contributed by atoms with E-state index in [-0.39, 0.29) is 77.6 Å². The second-order valence-electron chi connectivity index (χ2n) is 14.0. The van der Waals surface area contributed by atoms with Crippen molar-refractivity contribution in [3.63, 3.8) is 0 Å². The summed E-state index contributed by atoms with van der Waals surface area (Å²) in [5.74, 6) is -2.27. The number of nitro benzene ring substituents is 2. The lowest BCUT2D eigenvalue weighted by Crippen LogP contribution is -2.63. The van der Waals surface area contributed by atoms with E-state index in [0.717, 1.165) is 0 Å². The average Bonchev–Trinajstić information content (AvgIpc) is 3.89. The van der Waals surface area contributed by atoms with Crippen molar-refractivity contribution < 1.29 is 43.6 Å². The van der Waals surface area contributed by atoms with Gasteiger partial charge in [-0.3, -0.25) is 29.8 Å². The van der Waals surface area contributed by atoms with Gasteiger partial charge in [-0.15, -0.1) is 23.1 Å². The number of hydrogen-bond donors (Lipinski definition) is 2. The minimum Gasteiger partial charge on any atom is -0.456 e. The monoisotopic (exact) mass is 807 g/mol. The number of carbonyl (C=O) groups excluding carboxylic acids is 4. The molecule has 18 nitrogen and oxygen atoms in total. The van der Waals surface area contributed by atoms with Gasteiger partial charge in [0.05, 0.1) is 27.9 Å². The molecule has 20 heteroatoms. The van der Waals surface area contributed by atoms with Gasteiger partial charge in [0.2, 0.25) is 5.91 Å². The zero-order valence-corrected chi connectivity index (χ0v) is 31.8. The molecule has 7 rings (SSSR count). The first kappa shape index (κ1) is 38.7. The molecule has 5 heterocycles. The summed E-state index contributed by atoms with van der Waals surface area (Å²) in [6.07, 6.45) is -0.911. The lowest BCUT2D eigenvalue weighted by Gasteiger charge is -2.46. The maximum atomic E-state index is 13.5. The molecule has 4 aliphatic rings. The molecule has 0 aliphatic carbocycles. The fraction of sp³-hybridized carbons (Fsp3) is 0.417. The number of aliphatic hydroxyl groups is 1. The van der Waals surface area contributed by atoms with E-state index in [1.165, 1.54) is 81.4 Å². The molecule has 3 saturated heterocycles. The van der Waals surface area contributed by atoms with E-state index in [1.54, 1.807) is 12.3 Å². The Morgan fingerprint density at radius 2 is 1.61 bits per heavy atom. The minimum absolute atomic E-state index is 0.0366. The summed E-state index contributed by atoms with van der Waals surface area (Å²) in [4.78, 5) is 83.4. The first-order chi connectivity index (χ1) is 26.8. The second kappa shape index (κ2) is 15.9. The van der Waals surface area contributed by atoms with E-state index in [0.29, 0.717) is 47.2 Å². The quantitative estimate of drug-likeness (QED) is 0.108. The highest BCUT2D eigenvalue weighted by Gasteiger charge is 2.60. The topological polar surface area (TPSA) is 228 Å². The normalized spacial score (nSPS) is 22.3. The number of benzene rings is 2. The highest BCUT2D eigenvalue weighted by atomic mass is 32.2. The molecule has 56 heavy (non-hydrogen) atoms. The fourth-order valence-corrected chi connectivity index (χ4v) is 9.56. The third-order valence-corrected chi connectivity index (χ3v) is 12.6. The van der Waals surface area contributed by atoms with Crippen LogP contribution in [0.3, 0.4) is 0 Å². The molecule has 0 radical (unpaired) electrons. The molecule has 0 unspecified atom stereocenters. The van der Waals surface area contributed by atoms with Crippen molar-refractivity contribution in [2.75, 3.05) is 31.1 Å². The number of fused-ring (bicyclic) bond motifs is 1. The van der Waals surface area contributed by atoms with Gasteiger partial charge in [-0.25, -0.2) is 14.6 Å². The first-order valence-electron chi connectivity index (χ1n) is 17.8. The molecule has 0 spiro atoms. The van der Waals surface area contributed by atoms with Crippen LogP contribution in [0.1, 0.15) is 41.9 Å². The van der Waals surface area contributed by atoms with Crippen LogP contribution in [0.2, 0.25) is 0 Å². The number of aromatic nitrogens is 1. The molecular formula is C36H37N7O11S2. The van der Waals surface area contributed by atoms with Gasteiger partial charge in [-0.2, -0.15) is 0 Å². The molecule has 0 saturated carbocycles.